The first-order chi connectivity index (χ1) is 8.17. The molecule has 0 unspecified atom stereocenters. The number of ether oxygens (including phenoxy) is 2. The van der Waals surface area contributed by atoms with Gasteiger partial charge in [0.05, 0.1) is 5.60 Å². The van der Waals surface area contributed by atoms with Gasteiger partial charge in [-0.05, 0) is 6.92 Å². The SMILES string of the molecule is Cc1nnc(COC2(CN)CCOCC2)n1C. The zero-order valence-corrected chi connectivity index (χ0v) is 10.5. The smallest absolute Gasteiger partial charge is 0.158 e. The molecule has 2 heterocycles. The molecule has 0 spiro atoms. The van der Waals surface area contributed by atoms with Gasteiger partial charge >= 0.3 is 0 Å². The van der Waals surface area contributed by atoms with E-state index in [4.69, 9.17) is 15.2 Å². The minimum Gasteiger partial charge on any atom is -0.381 e. The molecule has 2 N–H and O–H groups in total. The Kier molecular flexibility index (Phi) is 3.76. The minimum atomic E-state index is -0.252. The summed E-state index contributed by atoms with van der Waals surface area (Å²) in [4.78, 5) is 0. The van der Waals surface area contributed by atoms with Crippen LogP contribution in [0.5, 0.6) is 0 Å². The van der Waals surface area contributed by atoms with Crippen LogP contribution in [0.25, 0.3) is 0 Å². The van der Waals surface area contributed by atoms with Crippen molar-refractivity contribution in [2.45, 2.75) is 32.0 Å². The number of aromatic nitrogens is 3. The van der Waals surface area contributed by atoms with Crippen molar-refractivity contribution in [2.24, 2.45) is 12.8 Å². The molecule has 2 rings (SSSR count). The van der Waals surface area contributed by atoms with Crippen LogP contribution in [0.3, 0.4) is 0 Å². The average Bonchev–Trinajstić information content (AvgIpc) is 2.69. The van der Waals surface area contributed by atoms with E-state index < -0.39 is 0 Å². The molecule has 17 heavy (non-hydrogen) atoms. The molecule has 1 aliphatic rings. The standard InChI is InChI=1S/C11H20N4O2/c1-9-13-14-10(15(9)2)7-17-11(8-12)3-5-16-6-4-11/h3-8,12H2,1-2H3. The summed E-state index contributed by atoms with van der Waals surface area (Å²) in [6.45, 7) is 4.33. The average molecular weight is 240 g/mol. The monoisotopic (exact) mass is 240 g/mol. The van der Waals surface area contributed by atoms with Crippen molar-refractivity contribution in [3.05, 3.63) is 11.6 Å². The van der Waals surface area contributed by atoms with Gasteiger partial charge in [0.1, 0.15) is 12.4 Å². The zero-order chi connectivity index (χ0) is 12.3. The highest BCUT2D eigenvalue weighted by atomic mass is 16.5. The lowest BCUT2D eigenvalue weighted by Gasteiger charge is -2.35. The van der Waals surface area contributed by atoms with Crippen LogP contribution in [0.2, 0.25) is 0 Å². The maximum Gasteiger partial charge on any atom is 0.158 e. The number of rotatable bonds is 4. The highest BCUT2D eigenvalue weighted by molar-refractivity contribution is 4.92. The van der Waals surface area contributed by atoms with Gasteiger partial charge in [-0.25, -0.2) is 0 Å². The van der Waals surface area contributed by atoms with E-state index in [1.807, 2.05) is 18.5 Å². The molecule has 0 amide bonds. The van der Waals surface area contributed by atoms with Crippen LogP contribution in [0.15, 0.2) is 0 Å². The first kappa shape index (κ1) is 12.5. The topological polar surface area (TPSA) is 75.2 Å². The van der Waals surface area contributed by atoms with Crippen molar-refractivity contribution in [1.29, 1.82) is 0 Å². The van der Waals surface area contributed by atoms with Gasteiger partial charge in [0, 0.05) is 39.6 Å². The van der Waals surface area contributed by atoms with Crippen molar-refractivity contribution in [1.82, 2.24) is 14.8 Å². The van der Waals surface area contributed by atoms with Crippen LogP contribution in [0.4, 0.5) is 0 Å². The Morgan fingerprint density at radius 2 is 2.12 bits per heavy atom. The number of aryl methyl sites for hydroxylation is 1. The van der Waals surface area contributed by atoms with Crippen molar-refractivity contribution in [3.63, 3.8) is 0 Å². The van der Waals surface area contributed by atoms with Crippen molar-refractivity contribution < 1.29 is 9.47 Å². The largest absolute Gasteiger partial charge is 0.381 e. The highest BCUT2D eigenvalue weighted by Crippen LogP contribution is 2.25. The molecule has 6 nitrogen and oxygen atoms in total. The molecule has 1 saturated heterocycles. The fraction of sp³-hybridized carbons (Fsp3) is 0.818. The number of hydrogen-bond acceptors (Lipinski definition) is 5. The third-order valence-corrected chi connectivity index (χ3v) is 3.47. The van der Waals surface area contributed by atoms with E-state index in [0.717, 1.165) is 37.7 Å². The maximum atomic E-state index is 5.97. The molecule has 0 aliphatic carbocycles. The van der Waals surface area contributed by atoms with Gasteiger partial charge in [0.25, 0.3) is 0 Å². The van der Waals surface area contributed by atoms with Crippen LogP contribution in [0, 0.1) is 6.92 Å². The Morgan fingerprint density at radius 3 is 2.65 bits per heavy atom. The van der Waals surface area contributed by atoms with E-state index in [2.05, 4.69) is 10.2 Å². The van der Waals surface area contributed by atoms with Gasteiger partial charge in [0.2, 0.25) is 0 Å². The second-order valence-electron chi connectivity index (χ2n) is 4.51. The van der Waals surface area contributed by atoms with E-state index in [9.17, 15) is 0 Å². The quantitative estimate of drug-likeness (QED) is 0.810. The third kappa shape index (κ3) is 2.65. The summed E-state index contributed by atoms with van der Waals surface area (Å²) in [5, 5.41) is 8.09. The lowest BCUT2D eigenvalue weighted by Crippen LogP contribution is -2.45. The van der Waals surface area contributed by atoms with E-state index in [1.54, 1.807) is 0 Å². The fourth-order valence-electron chi connectivity index (χ4n) is 1.95. The van der Waals surface area contributed by atoms with Gasteiger partial charge < -0.3 is 19.8 Å². The Morgan fingerprint density at radius 1 is 1.41 bits per heavy atom. The number of nitrogens with two attached hydrogens (primary N) is 1. The molecule has 96 valence electrons. The first-order valence-electron chi connectivity index (χ1n) is 5.93. The van der Waals surface area contributed by atoms with Gasteiger partial charge in [-0.15, -0.1) is 10.2 Å². The summed E-state index contributed by atoms with van der Waals surface area (Å²) in [6, 6.07) is 0. The molecule has 0 bridgehead atoms. The van der Waals surface area contributed by atoms with Crippen molar-refractivity contribution in [2.75, 3.05) is 19.8 Å². The summed E-state index contributed by atoms with van der Waals surface area (Å²) in [7, 11) is 1.94. The van der Waals surface area contributed by atoms with Crippen molar-refractivity contribution >= 4 is 0 Å². The number of hydrogen-bond donors (Lipinski definition) is 1. The lowest BCUT2D eigenvalue weighted by molar-refractivity contribution is -0.114. The van der Waals surface area contributed by atoms with Crippen LogP contribution in [0.1, 0.15) is 24.5 Å². The van der Waals surface area contributed by atoms with E-state index in [-0.39, 0.29) is 5.60 Å². The number of nitrogens with zero attached hydrogens (tertiary/aromatic N) is 3. The van der Waals surface area contributed by atoms with E-state index in [0.29, 0.717) is 13.2 Å². The lowest BCUT2D eigenvalue weighted by atomic mass is 9.94. The molecule has 0 atom stereocenters. The van der Waals surface area contributed by atoms with Gasteiger partial charge in [-0.3, -0.25) is 0 Å². The molecule has 6 heteroatoms. The van der Waals surface area contributed by atoms with Gasteiger partial charge in [-0.1, -0.05) is 0 Å². The molecule has 1 aliphatic heterocycles. The predicted molar refractivity (Wildman–Crippen MR) is 62.4 cm³/mol. The zero-order valence-electron chi connectivity index (χ0n) is 10.5. The molecule has 1 aromatic rings. The van der Waals surface area contributed by atoms with E-state index in [1.165, 1.54) is 0 Å². The third-order valence-electron chi connectivity index (χ3n) is 3.47. The fourth-order valence-corrected chi connectivity index (χ4v) is 1.95. The molecular formula is C11H20N4O2. The molecule has 1 aromatic heterocycles. The molecule has 0 saturated carbocycles. The normalized spacial score (nSPS) is 19.5. The van der Waals surface area contributed by atoms with Crippen molar-refractivity contribution in [3.8, 4) is 0 Å². The summed E-state index contributed by atoms with van der Waals surface area (Å²) in [6.07, 6.45) is 1.70. The first-order valence-corrected chi connectivity index (χ1v) is 5.93. The van der Waals surface area contributed by atoms with Crippen LogP contribution in [-0.4, -0.2) is 40.1 Å². The minimum absolute atomic E-state index is 0.252. The molecule has 0 radical (unpaired) electrons. The summed E-state index contributed by atoms with van der Waals surface area (Å²) >= 11 is 0. The second kappa shape index (κ2) is 5.12. The Bertz CT molecular complexity index is 372. The highest BCUT2D eigenvalue weighted by Gasteiger charge is 2.32. The second-order valence-corrected chi connectivity index (χ2v) is 4.51. The molecule has 1 fully saturated rings. The summed E-state index contributed by atoms with van der Waals surface area (Å²) in [5.41, 5.74) is 5.57. The predicted octanol–water partition coefficient (Wildman–Crippen LogP) is 0.148. The molecular weight excluding hydrogens is 220 g/mol. The van der Waals surface area contributed by atoms with Gasteiger partial charge in [-0.2, -0.15) is 0 Å². The Labute approximate surface area is 101 Å². The molecule has 0 aromatic carbocycles. The Balaban J connectivity index is 1.98. The van der Waals surface area contributed by atoms with Crippen LogP contribution < -0.4 is 5.73 Å². The summed E-state index contributed by atoms with van der Waals surface area (Å²) < 4.78 is 13.2. The van der Waals surface area contributed by atoms with Crippen LogP contribution in [-0.2, 0) is 23.1 Å². The summed E-state index contributed by atoms with van der Waals surface area (Å²) in [5.74, 6) is 1.72. The maximum absolute atomic E-state index is 5.97. The van der Waals surface area contributed by atoms with Gasteiger partial charge in [0.15, 0.2) is 5.82 Å². The Hall–Kier alpha value is -0.980. The van der Waals surface area contributed by atoms with E-state index >= 15 is 0 Å². The van der Waals surface area contributed by atoms with Crippen LogP contribution >= 0.6 is 0 Å².